The van der Waals surface area contributed by atoms with Gasteiger partial charge in [0.1, 0.15) is 5.75 Å². The fourth-order valence-corrected chi connectivity index (χ4v) is 3.71. The number of fused-ring (bicyclic) bond motifs is 1. The fraction of sp³-hybridized carbons (Fsp3) is 0.400. The predicted octanol–water partition coefficient (Wildman–Crippen LogP) is 4.44. The van der Waals surface area contributed by atoms with E-state index < -0.39 is 10.0 Å². The van der Waals surface area contributed by atoms with Crippen LogP contribution in [0.2, 0.25) is 0 Å². The minimum atomic E-state index is -0.941. The summed E-state index contributed by atoms with van der Waals surface area (Å²) in [5.74, 6) is 3.53. The van der Waals surface area contributed by atoms with Crippen molar-refractivity contribution in [3.8, 4) is 16.9 Å². The number of thiophene rings is 1. The lowest BCUT2D eigenvalue weighted by Gasteiger charge is -2.15. The summed E-state index contributed by atoms with van der Waals surface area (Å²) in [6, 6.07) is 5.75. The molecule has 0 aliphatic rings. The van der Waals surface area contributed by atoms with Crippen molar-refractivity contribution in [2.24, 2.45) is 0 Å². The van der Waals surface area contributed by atoms with Crippen molar-refractivity contribution in [2.45, 2.75) is 19.8 Å². The van der Waals surface area contributed by atoms with Crippen LogP contribution in [-0.2, 0) is 9.53 Å². The summed E-state index contributed by atoms with van der Waals surface area (Å²) >= 11 is 1.41. The molecule has 1 heterocycles. The van der Waals surface area contributed by atoms with Crippen LogP contribution in [0.3, 0.4) is 0 Å². The Morgan fingerprint density at radius 1 is 1.15 bits per heavy atom. The van der Waals surface area contributed by atoms with Crippen molar-refractivity contribution in [1.29, 1.82) is 0 Å². The Balaban J connectivity index is 2.28. The molecule has 0 saturated heterocycles. The molecule has 2 rings (SSSR count). The smallest absolute Gasteiger partial charge is 0.306 e. The van der Waals surface area contributed by atoms with E-state index in [0.717, 1.165) is 15.6 Å². The third kappa shape index (κ3) is 5.52. The van der Waals surface area contributed by atoms with Gasteiger partial charge in [-0.1, -0.05) is 5.92 Å². The first kappa shape index (κ1) is 20.3. The molecule has 1 aromatic heterocycles. The zero-order chi connectivity index (χ0) is 19.3. The van der Waals surface area contributed by atoms with E-state index in [9.17, 15) is 9.59 Å². The van der Waals surface area contributed by atoms with E-state index in [1.807, 2.05) is 18.2 Å². The maximum absolute atomic E-state index is 12.4. The van der Waals surface area contributed by atoms with Crippen LogP contribution in [-0.4, -0.2) is 44.2 Å². The van der Waals surface area contributed by atoms with Crippen molar-refractivity contribution in [3.05, 3.63) is 28.6 Å². The maximum Gasteiger partial charge on any atom is 0.306 e. The van der Waals surface area contributed by atoms with Crippen LogP contribution in [0.15, 0.2) is 18.2 Å². The van der Waals surface area contributed by atoms with Crippen molar-refractivity contribution < 1.29 is 19.1 Å². The molecule has 2 aromatic rings. The van der Waals surface area contributed by atoms with Crippen LogP contribution in [0.4, 0.5) is 0 Å². The summed E-state index contributed by atoms with van der Waals surface area (Å²) in [7, 11) is 0.679. The zero-order valence-corrected chi connectivity index (χ0v) is 17.4. The first-order chi connectivity index (χ1) is 12.2. The predicted molar refractivity (Wildman–Crippen MR) is 111 cm³/mol. The number of hydrogen-bond acceptors (Lipinski definition) is 5. The Bertz CT molecular complexity index is 879. The molecule has 0 N–H and O–H groups in total. The fourth-order valence-electron chi connectivity index (χ4n) is 2.25. The molecule has 0 aliphatic heterocycles. The molecule has 6 heteroatoms. The summed E-state index contributed by atoms with van der Waals surface area (Å²) in [5.41, 5.74) is 0.825. The number of Topliss-reactive ketones (excluding diaryl/α,β-unsaturated/α-hetero) is 1. The van der Waals surface area contributed by atoms with Gasteiger partial charge in [0, 0.05) is 11.1 Å². The summed E-state index contributed by atoms with van der Waals surface area (Å²) in [5, 5.41) is 4.25. The van der Waals surface area contributed by atoms with Gasteiger partial charge in [-0.2, -0.15) is 10.0 Å². The number of methoxy groups -OCH3 is 1. The SMILES string of the molecule is CCOC(=O)CCC(=O)c1cc2cc(C#CS(C)(C)C)c(OC)cc2s1. The summed E-state index contributed by atoms with van der Waals surface area (Å²) in [6.07, 6.45) is 6.67. The molecule has 0 atom stereocenters. The molecule has 4 nitrogen and oxygen atoms in total. The minimum absolute atomic E-state index is 0.0509. The average Bonchev–Trinajstić information content (AvgIpc) is 2.99. The van der Waals surface area contributed by atoms with Crippen molar-refractivity contribution in [1.82, 2.24) is 0 Å². The third-order valence-electron chi connectivity index (χ3n) is 3.47. The van der Waals surface area contributed by atoms with Crippen molar-refractivity contribution in [3.63, 3.8) is 0 Å². The first-order valence-electron chi connectivity index (χ1n) is 8.25. The number of esters is 1. The van der Waals surface area contributed by atoms with Gasteiger partial charge in [-0.05, 0) is 54.5 Å². The van der Waals surface area contributed by atoms with Crippen LogP contribution in [0.25, 0.3) is 10.1 Å². The monoisotopic (exact) mass is 392 g/mol. The summed E-state index contributed by atoms with van der Waals surface area (Å²) in [6.45, 7) is 2.08. The molecular formula is C20H24O4S2. The Labute approximate surface area is 160 Å². The molecular weight excluding hydrogens is 368 g/mol. The molecule has 0 bridgehead atoms. The van der Waals surface area contributed by atoms with Crippen LogP contribution in [0.5, 0.6) is 5.75 Å². The standard InChI is InChI=1S/C20H24O4S2/c1-6-24-20(22)8-7-16(21)19-12-15-11-14(9-10-26(3,4)5)17(23-2)13-18(15)25-19/h11-13H,6-8H2,1-5H3. The van der Waals surface area contributed by atoms with Gasteiger partial charge in [0.25, 0.3) is 0 Å². The number of ether oxygens (including phenoxy) is 2. The van der Waals surface area contributed by atoms with E-state index >= 15 is 0 Å². The van der Waals surface area contributed by atoms with Crippen LogP contribution >= 0.6 is 21.4 Å². The molecule has 26 heavy (non-hydrogen) atoms. The number of carbonyl (C=O) groups is 2. The van der Waals surface area contributed by atoms with Gasteiger partial charge in [-0.15, -0.1) is 11.3 Å². The van der Waals surface area contributed by atoms with E-state index in [1.165, 1.54) is 11.3 Å². The lowest BCUT2D eigenvalue weighted by atomic mass is 10.1. The minimum Gasteiger partial charge on any atom is -0.495 e. The highest BCUT2D eigenvalue weighted by atomic mass is 32.3. The van der Waals surface area contributed by atoms with E-state index in [-0.39, 0.29) is 24.6 Å². The average molecular weight is 393 g/mol. The van der Waals surface area contributed by atoms with Gasteiger partial charge in [-0.3, -0.25) is 9.59 Å². The number of carbonyl (C=O) groups excluding carboxylic acids is 2. The Hall–Kier alpha value is -1.97. The van der Waals surface area contributed by atoms with Crippen molar-refractivity contribution >= 4 is 43.2 Å². The highest BCUT2D eigenvalue weighted by Crippen LogP contribution is 2.35. The van der Waals surface area contributed by atoms with Gasteiger partial charge in [-0.25, -0.2) is 0 Å². The van der Waals surface area contributed by atoms with Crippen LogP contribution in [0.1, 0.15) is 35.0 Å². The molecule has 0 saturated carbocycles. The Morgan fingerprint density at radius 2 is 1.88 bits per heavy atom. The van der Waals surface area contributed by atoms with Gasteiger partial charge in [0.05, 0.1) is 30.6 Å². The normalized spacial score (nSPS) is 11.6. The van der Waals surface area contributed by atoms with E-state index in [1.54, 1.807) is 14.0 Å². The van der Waals surface area contributed by atoms with Crippen LogP contribution < -0.4 is 4.74 Å². The maximum atomic E-state index is 12.4. The lowest BCUT2D eigenvalue weighted by molar-refractivity contribution is -0.143. The van der Waals surface area contributed by atoms with E-state index in [4.69, 9.17) is 9.47 Å². The summed E-state index contributed by atoms with van der Waals surface area (Å²) in [4.78, 5) is 24.4. The second-order valence-electron chi connectivity index (χ2n) is 6.49. The Kier molecular flexibility index (Phi) is 6.74. The van der Waals surface area contributed by atoms with Crippen LogP contribution in [0, 0.1) is 11.2 Å². The molecule has 0 spiro atoms. The van der Waals surface area contributed by atoms with Gasteiger partial charge in [0.15, 0.2) is 5.78 Å². The first-order valence-corrected chi connectivity index (χ1v) is 11.9. The van der Waals surface area contributed by atoms with E-state index in [0.29, 0.717) is 17.2 Å². The molecule has 0 fully saturated rings. The quantitative estimate of drug-likeness (QED) is 0.414. The molecule has 1 aromatic carbocycles. The topological polar surface area (TPSA) is 52.6 Å². The second kappa shape index (κ2) is 8.61. The highest BCUT2D eigenvalue weighted by molar-refractivity contribution is 8.35. The zero-order valence-electron chi connectivity index (χ0n) is 15.8. The number of benzene rings is 1. The second-order valence-corrected chi connectivity index (χ2v) is 11.5. The van der Waals surface area contributed by atoms with E-state index in [2.05, 4.69) is 29.9 Å². The largest absolute Gasteiger partial charge is 0.495 e. The van der Waals surface area contributed by atoms with Gasteiger partial charge >= 0.3 is 5.97 Å². The van der Waals surface area contributed by atoms with Crippen molar-refractivity contribution in [2.75, 3.05) is 32.5 Å². The lowest BCUT2D eigenvalue weighted by Crippen LogP contribution is -2.07. The van der Waals surface area contributed by atoms with Gasteiger partial charge < -0.3 is 9.47 Å². The molecule has 0 amide bonds. The summed E-state index contributed by atoms with van der Waals surface area (Å²) < 4.78 is 11.3. The van der Waals surface area contributed by atoms with Gasteiger partial charge in [0.2, 0.25) is 0 Å². The highest BCUT2D eigenvalue weighted by Gasteiger charge is 2.15. The molecule has 0 radical (unpaired) electrons. The number of ketones is 1. The third-order valence-corrected chi connectivity index (χ3v) is 5.32. The molecule has 0 unspecified atom stereocenters. The molecule has 140 valence electrons. The number of hydrogen-bond donors (Lipinski definition) is 0. The Morgan fingerprint density at radius 3 is 2.50 bits per heavy atom. The number of rotatable bonds is 6. The molecule has 0 aliphatic carbocycles.